The maximum absolute atomic E-state index is 12.5. The van der Waals surface area contributed by atoms with Gasteiger partial charge in [0.15, 0.2) is 11.5 Å². The summed E-state index contributed by atoms with van der Waals surface area (Å²) in [5.41, 5.74) is 2.47. The molecule has 2 aromatic heterocycles. The maximum Gasteiger partial charge on any atom is 0.240 e. The Labute approximate surface area is 192 Å². The molecular weight excluding hydrogens is 442 g/mol. The summed E-state index contributed by atoms with van der Waals surface area (Å²) in [5.74, 6) is 1.57. The molecule has 0 saturated carbocycles. The molecule has 0 aliphatic rings. The smallest absolute Gasteiger partial charge is 0.240 e. The second-order valence-corrected chi connectivity index (χ2v) is 9.10. The highest BCUT2D eigenvalue weighted by Crippen LogP contribution is 2.23. The van der Waals surface area contributed by atoms with Crippen molar-refractivity contribution in [1.82, 2.24) is 24.5 Å². The van der Waals surface area contributed by atoms with Crippen LogP contribution in [-0.2, 0) is 16.4 Å². The lowest BCUT2D eigenvalue weighted by Crippen LogP contribution is -2.28. The molecule has 0 aliphatic heterocycles. The summed E-state index contributed by atoms with van der Waals surface area (Å²) in [6.07, 6.45) is 1.93. The lowest BCUT2D eigenvalue weighted by Gasteiger charge is -2.09. The lowest BCUT2D eigenvalue weighted by molar-refractivity contribution is 0.306. The number of aryl methyl sites for hydroxylation is 1. The van der Waals surface area contributed by atoms with E-state index in [9.17, 15) is 8.42 Å². The molecule has 0 fully saturated rings. The van der Waals surface area contributed by atoms with Crippen molar-refractivity contribution in [3.8, 4) is 23.0 Å². The van der Waals surface area contributed by atoms with Gasteiger partial charge in [0, 0.05) is 18.2 Å². The zero-order valence-corrected chi connectivity index (χ0v) is 19.2. The standard InChI is InChI=1S/C23H25N5O4S/c1-3-5-17-8-10-20(11-9-17)33(29,30)24-14-15-32-22-13-12-21-25-26-23(28(21)27-22)18-6-4-7-19(16-18)31-2/h4,6-13,16,24H,3,5,14-15H2,1-2H3. The highest BCUT2D eigenvalue weighted by atomic mass is 32.2. The molecule has 2 aromatic carbocycles. The molecule has 0 unspecified atom stereocenters. The van der Waals surface area contributed by atoms with Crippen LogP contribution in [-0.4, -0.2) is 48.5 Å². The second kappa shape index (κ2) is 9.97. The van der Waals surface area contributed by atoms with Gasteiger partial charge in [-0.15, -0.1) is 15.3 Å². The zero-order chi connectivity index (χ0) is 23.3. The number of nitrogens with zero attached hydrogens (tertiary/aromatic N) is 4. The van der Waals surface area contributed by atoms with E-state index in [0.29, 0.717) is 23.1 Å². The van der Waals surface area contributed by atoms with Crippen molar-refractivity contribution in [3.05, 3.63) is 66.2 Å². The van der Waals surface area contributed by atoms with Crippen LogP contribution in [0, 0.1) is 0 Å². The molecule has 0 amide bonds. The number of hydrogen-bond acceptors (Lipinski definition) is 7. The van der Waals surface area contributed by atoms with E-state index >= 15 is 0 Å². The number of rotatable bonds is 10. The SMILES string of the molecule is CCCc1ccc(S(=O)(=O)NCCOc2ccc3nnc(-c4cccc(OC)c4)n3n2)cc1. The van der Waals surface area contributed by atoms with Crippen LogP contribution in [0.25, 0.3) is 17.0 Å². The van der Waals surface area contributed by atoms with Crippen LogP contribution in [0.4, 0.5) is 0 Å². The molecular formula is C23H25N5O4S. The van der Waals surface area contributed by atoms with Crippen molar-refractivity contribution in [2.24, 2.45) is 0 Å². The average Bonchev–Trinajstić information content (AvgIpc) is 3.26. The van der Waals surface area contributed by atoms with Crippen LogP contribution in [0.15, 0.2) is 65.6 Å². The van der Waals surface area contributed by atoms with Gasteiger partial charge in [0.25, 0.3) is 0 Å². The maximum atomic E-state index is 12.5. The first-order chi connectivity index (χ1) is 16.0. The van der Waals surface area contributed by atoms with Gasteiger partial charge in [-0.05, 0) is 42.3 Å². The highest BCUT2D eigenvalue weighted by molar-refractivity contribution is 7.89. The van der Waals surface area contributed by atoms with Gasteiger partial charge < -0.3 is 9.47 Å². The van der Waals surface area contributed by atoms with E-state index in [1.807, 2.05) is 36.4 Å². The molecule has 0 bridgehead atoms. The van der Waals surface area contributed by atoms with E-state index in [-0.39, 0.29) is 18.0 Å². The molecule has 33 heavy (non-hydrogen) atoms. The summed E-state index contributed by atoms with van der Waals surface area (Å²) in [6, 6.07) is 17.8. The predicted molar refractivity (Wildman–Crippen MR) is 124 cm³/mol. The van der Waals surface area contributed by atoms with Crippen LogP contribution in [0.5, 0.6) is 11.6 Å². The number of hydrogen-bond donors (Lipinski definition) is 1. The lowest BCUT2D eigenvalue weighted by atomic mass is 10.1. The van der Waals surface area contributed by atoms with Crippen molar-refractivity contribution in [2.75, 3.05) is 20.3 Å². The summed E-state index contributed by atoms with van der Waals surface area (Å²) >= 11 is 0. The minimum Gasteiger partial charge on any atom is -0.497 e. The molecule has 1 N–H and O–H groups in total. The van der Waals surface area contributed by atoms with Gasteiger partial charge in [0.1, 0.15) is 12.4 Å². The summed E-state index contributed by atoms with van der Waals surface area (Å²) in [7, 11) is -2.01. The molecule has 172 valence electrons. The number of aromatic nitrogens is 4. The predicted octanol–water partition coefficient (Wildman–Crippen LogP) is 3.11. The fraction of sp³-hybridized carbons (Fsp3) is 0.261. The largest absolute Gasteiger partial charge is 0.497 e. The summed E-state index contributed by atoms with van der Waals surface area (Å²) in [6.45, 7) is 2.30. The van der Waals surface area contributed by atoms with E-state index in [4.69, 9.17) is 9.47 Å². The Bertz CT molecular complexity index is 1340. The van der Waals surface area contributed by atoms with Gasteiger partial charge >= 0.3 is 0 Å². The Balaban J connectivity index is 1.40. The van der Waals surface area contributed by atoms with E-state index in [1.165, 1.54) is 0 Å². The highest BCUT2D eigenvalue weighted by Gasteiger charge is 2.14. The monoisotopic (exact) mass is 467 g/mol. The molecule has 0 atom stereocenters. The van der Waals surface area contributed by atoms with Gasteiger partial charge in [-0.1, -0.05) is 37.6 Å². The minimum absolute atomic E-state index is 0.101. The van der Waals surface area contributed by atoms with Crippen molar-refractivity contribution < 1.29 is 17.9 Å². The van der Waals surface area contributed by atoms with Gasteiger partial charge in [-0.25, -0.2) is 13.1 Å². The minimum atomic E-state index is -3.61. The van der Waals surface area contributed by atoms with Gasteiger partial charge in [0.05, 0.1) is 12.0 Å². The first-order valence-corrected chi connectivity index (χ1v) is 12.1. The molecule has 0 spiro atoms. The number of methoxy groups -OCH3 is 1. The Morgan fingerprint density at radius 2 is 1.85 bits per heavy atom. The van der Waals surface area contributed by atoms with Gasteiger partial charge in [-0.2, -0.15) is 4.52 Å². The Morgan fingerprint density at radius 1 is 1.03 bits per heavy atom. The summed E-state index contributed by atoms with van der Waals surface area (Å²) in [5, 5.41) is 12.8. The fourth-order valence-electron chi connectivity index (χ4n) is 3.33. The fourth-order valence-corrected chi connectivity index (χ4v) is 4.34. The zero-order valence-electron chi connectivity index (χ0n) is 18.4. The van der Waals surface area contributed by atoms with Crippen LogP contribution >= 0.6 is 0 Å². The van der Waals surface area contributed by atoms with Crippen LogP contribution < -0.4 is 14.2 Å². The molecule has 0 radical (unpaired) electrons. The van der Waals surface area contributed by atoms with E-state index in [2.05, 4.69) is 26.9 Å². The van der Waals surface area contributed by atoms with Crippen molar-refractivity contribution in [1.29, 1.82) is 0 Å². The molecule has 2 heterocycles. The summed E-state index contributed by atoms with van der Waals surface area (Å²) < 4.78 is 40.0. The van der Waals surface area contributed by atoms with E-state index in [1.54, 1.807) is 35.9 Å². The van der Waals surface area contributed by atoms with Gasteiger partial charge in [0.2, 0.25) is 15.9 Å². The van der Waals surface area contributed by atoms with Gasteiger partial charge in [-0.3, -0.25) is 0 Å². The normalized spacial score (nSPS) is 11.6. The third kappa shape index (κ3) is 5.29. The third-order valence-corrected chi connectivity index (χ3v) is 6.46. The van der Waals surface area contributed by atoms with Crippen LogP contribution in [0.2, 0.25) is 0 Å². The quantitative estimate of drug-likeness (QED) is 0.357. The molecule has 0 saturated heterocycles. The number of ether oxygens (including phenoxy) is 2. The average molecular weight is 468 g/mol. The van der Waals surface area contributed by atoms with Crippen molar-refractivity contribution >= 4 is 15.7 Å². The number of nitrogens with one attached hydrogen (secondary N) is 1. The second-order valence-electron chi connectivity index (χ2n) is 7.34. The first-order valence-electron chi connectivity index (χ1n) is 10.6. The Kier molecular flexibility index (Phi) is 6.85. The van der Waals surface area contributed by atoms with Crippen LogP contribution in [0.1, 0.15) is 18.9 Å². The van der Waals surface area contributed by atoms with E-state index in [0.717, 1.165) is 24.0 Å². The number of fused-ring (bicyclic) bond motifs is 1. The number of sulfonamides is 1. The molecule has 4 rings (SSSR count). The molecule has 10 heteroatoms. The molecule has 9 nitrogen and oxygen atoms in total. The Hall–Kier alpha value is -3.50. The summed E-state index contributed by atoms with van der Waals surface area (Å²) in [4.78, 5) is 0.231. The molecule has 4 aromatic rings. The van der Waals surface area contributed by atoms with E-state index < -0.39 is 10.0 Å². The first kappa shape index (κ1) is 22.7. The van der Waals surface area contributed by atoms with Crippen molar-refractivity contribution in [3.63, 3.8) is 0 Å². The Morgan fingerprint density at radius 3 is 2.61 bits per heavy atom. The molecule has 0 aliphatic carbocycles. The van der Waals surface area contributed by atoms with Crippen LogP contribution in [0.3, 0.4) is 0 Å². The third-order valence-electron chi connectivity index (χ3n) is 4.98. The topological polar surface area (TPSA) is 108 Å². The van der Waals surface area contributed by atoms with Crippen molar-refractivity contribution in [2.45, 2.75) is 24.7 Å². The number of benzene rings is 2.